The molecule has 0 radical (unpaired) electrons. The van der Waals surface area contributed by atoms with Gasteiger partial charge in [-0.05, 0) is 33.1 Å². The summed E-state index contributed by atoms with van der Waals surface area (Å²) < 4.78 is 5.50. The summed E-state index contributed by atoms with van der Waals surface area (Å²) in [5, 5.41) is 2.61. The highest BCUT2D eigenvalue weighted by molar-refractivity contribution is 9.10. The first kappa shape index (κ1) is 14.3. The van der Waals surface area contributed by atoms with E-state index in [0.717, 1.165) is 11.1 Å². The Kier molecular flexibility index (Phi) is 4.95. The minimum Gasteiger partial charge on any atom is -0.445 e. The van der Waals surface area contributed by atoms with E-state index in [2.05, 4.69) is 26.2 Å². The second-order valence-electron chi connectivity index (χ2n) is 4.10. The lowest BCUT2D eigenvalue weighted by atomic mass is 10.2. The molecular weight excluding hydrogens is 324 g/mol. The number of pyridine rings is 1. The lowest BCUT2D eigenvalue weighted by Gasteiger charge is -2.07. The molecule has 0 unspecified atom stereocenters. The second kappa shape index (κ2) is 6.91. The maximum absolute atomic E-state index is 11.5. The van der Waals surface area contributed by atoms with Crippen LogP contribution in [0.5, 0.6) is 0 Å². The largest absolute Gasteiger partial charge is 0.445 e. The number of aromatic amines is 1. The van der Waals surface area contributed by atoms with Crippen molar-refractivity contribution in [3.8, 4) is 0 Å². The van der Waals surface area contributed by atoms with Crippen LogP contribution in [0.2, 0.25) is 0 Å². The Morgan fingerprint density at radius 2 is 2.00 bits per heavy atom. The number of carbonyl (C=O) groups excluding carboxylic acids is 1. The van der Waals surface area contributed by atoms with Crippen LogP contribution < -0.4 is 10.9 Å². The van der Waals surface area contributed by atoms with Gasteiger partial charge in [-0.25, -0.2) is 4.79 Å². The number of amides is 1. The van der Waals surface area contributed by atoms with E-state index in [9.17, 15) is 9.59 Å². The molecule has 1 amide bonds. The van der Waals surface area contributed by atoms with Crippen molar-refractivity contribution in [2.45, 2.75) is 13.2 Å². The van der Waals surface area contributed by atoms with Crippen LogP contribution in [0.4, 0.5) is 4.79 Å². The Morgan fingerprint density at radius 3 is 2.70 bits per heavy atom. The summed E-state index contributed by atoms with van der Waals surface area (Å²) in [6.45, 7) is 0.505. The molecule has 0 aliphatic carbocycles. The molecule has 0 atom stereocenters. The van der Waals surface area contributed by atoms with E-state index < -0.39 is 6.09 Å². The third-order valence-electron chi connectivity index (χ3n) is 2.57. The van der Waals surface area contributed by atoms with Gasteiger partial charge in [0, 0.05) is 12.7 Å². The number of halogens is 1. The van der Waals surface area contributed by atoms with Crippen molar-refractivity contribution >= 4 is 22.0 Å². The molecule has 0 aliphatic rings. The lowest BCUT2D eigenvalue weighted by Crippen LogP contribution is -2.24. The average molecular weight is 337 g/mol. The summed E-state index contributed by atoms with van der Waals surface area (Å²) in [4.78, 5) is 25.2. The molecule has 2 rings (SSSR count). The number of ether oxygens (including phenoxy) is 1. The minimum atomic E-state index is -0.504. The SMILES string of the molecule is O=C(NCc1c[nH]c(=O)c(Br)c1)OCc1ccccc1. The Labute approximate surface area is 124 Å². The molecule has 1 aromatic heterocycles. The molecule has 0 saturated heterocycles. The summed E-state index contributed by atoms with van der Waals surface area (Å²) in [6, 6.07) is 11.1. The number of rotatable bonds is 4. The number of alkyl carbamates (subject to hydrolysis) is 1. The van der Waals surface area contributed by atoms with E-state index in [1.807, 2.05) is 30.3 Å². The predicted octanol–water partition coefficient (Wildman–Crippen LogP) is 2.56. The molecule has 2 N–H and O–H groups in total. The normalized spacial score (nSPS) is 10.1. The van der Waals surface area contributed by atoms with Crippen LogP contribution in [-0.4, -0.2) is 11.1 Å². The monoisotopic (exact) mass is 336 g/mol. The Balaban J connectivity index is 1.80. The molecule has 1 aromatic carbocycles. The highest BCUT2D eigenvalue weighted by Crippen LogP contribution is 2.05. The second-order valence-corrected chi connectivity index (χ2v) is 4.95. The first-order chi connectivity index (χ1) is 9.65. The molecule has 5 nitrogen and oxygen atoms in total. The van der Waals surface area contributed by atoms with Gasteiger partial charge < -0.3 is 15.0 Å². The van der Waals surface area contributed by atoms with Crippen molar-refractivity contribution in [1.82, 2.24) is 10.3 Å². The fraction of sp³-hybridized carbons (Fsp3) is 0.143. The van der Waals surface area contributed by atoms with Crippen LogP contribution in [0.15, 0.2) is 51.9 Å². The fourth-order valence-electron chi connectivity index (χ4n) is 1.55. The maximum atomic E-state index is 11.5. The highest BCUT2D eigenvalue weighted by Gasteiger charge is 2.04. The van der Waals surface area contributed by atoms with Crippen LogP contribution in [-0.2, 0) is 17.9 Å². The number of carbonyl (C=O) groups is 1. The van der Waals surface area contributed by atoms with Crippen LogP contribution in [0, 0.1) is 0 Å². The Bertz CT molecular complexity index is 640. The molecule has 0 fully saturated rings. The van der Waals surface area contributed by atoms with Crippen molar-refractivity contribution in [1.29, 1.82) is 0 Å². The molecule has 20 heavy (non-hydrogen) atoms. The molecule has 104 valence electrons. The van der Waals surface area contributed by atoms with Crippen LogP contribution in [0.1, 0.15) is 11.1 Å². The zero-order valence-corrected chi connectivity index (χ0v) is 12.1. The van der Waals surface area contributed by atoms with E-state index in [4.69, 9.17) is 4.74 Å². The summed E-state index contributed by atoms with van der Waals surface area (Å²) in [6.07, 6.45) is 1.04. The molecule has 2 aromatic rings. The van der Waals surface area contributed by atoms with Gasteiger partial charge in [-0.2, -0.15) is 0 Å². The summed E-state index contributed by atoms with van der Waals surface area (Å²) in [5.41, 5.74) is 1.49. The Morgan fingerprint density at radius 1 is 1.25 bits per heavy atom. The summed E-state index contributed by atoms with van der Waals surface area (Å²) >= 11 is 3.13. The summed E-state index contributed by atoms with van der Waals surface area (Å²) in [7, 11) is 0. The zero-order valence-electron chi connectivity index (χ0n) is 10.6. The smallest absolute Gasteiger partial charge is 0.407 e. The van der Waals surface area contributed by atoms with E-state index in [1.54, 1.807) is 12.3 Å². The van der Waals surface area contributed by atoms with Crippen LogP contribution >= 0.6 is 15.9 Å². The number of aromatic nitrogens is 1. The quantitative estimate of drug-likeness (QED) is 0.901. The van der Waals surface area contributed by atoms with Gasteiger partial charge in [-0.1, -0.05) is 30.3 Å². The van der Waals surface area contributed by atoms with Gasteiger partial charge in [-0.15, -0.1) is 0 Å². The topological polar surface area (TPSA) is 71.2 Å². The zero-order chi connectivity index (χ0) is 14.4. The maximum Gasteiger partial charge on any atom is 0.407 e. The molecular formula is C14H13BrN2O3. The van der Waals surface area contributed by atoms with Crippen molar-refractivity contribution in [2.24, 2.45) is 0 Å². The van der Waals surface area contributed by atoms with Gasteiger partial charge in [-0.3, -0.25) is 4.79 Å². The molecule has 6 heteroatoms. The van der Waals surface area contributed by atoms with Gasteiger partial charge in [0.15, 0.2) is 0 Å². The Hall–Kier alpha value is -2.08. The predicted molar refractivity (Wildman–Crippen MR) is 78.2 cm³/mol. The minimum absolute atomic E-state index is 0.208. The number of hydrogen-bond donors (Lipinski definition) is 2. The third-order valence-corrected chi connectivity index (χ3v) is 3.16. The average Bonchev–Trinajstić information content (AvgIpc) is 2.47. The molecule has 0 bridgehead atoms. The highest BCUT2D eigenvalue weighted by atomic mass is 79.9. The van der Waals surface area contributed by atoms with Crippen LogP contribution in [0.25, 0.3) is 0 Å². The van der Waals surface area contributed by atoms with Gasteiger partial charge >= 0.3 is 6.09 Å². The first-order valence-electron chi connectivity index (χ1n) is 5.97. The van der Waals surface area contributed by atoms with Crippen molar-refractivity contribution < 1.29 is 9.53 Å². The number of benzene rings is 1. The molecule has 0 saturated carbocycles. The standard InChI is InChI=1S/C14H13BrN2O3/c15-12-6-11(7-16-13(12)18)8-17-14(19)20-9-10-4-2-1-3-5-10/h1-7H,8-9H2,(H,16,18)(H,17,19). The number of H-pyrrole nitrogens is 1. The van der Waals surface area contributed by atoms with Crippen molar-refractivity contribution in [3.63, 3.8) is 0 Å². The molecule has 1 heterocycles. The van der Waals surface area contributed by atoms with Gasteiger partial charge in [0.25, 0.3) is 5.56 Å². The van der Waals surface area contributed by atoms with Gasteiger partial charge in [0.1, 0.15) is 6.61 Å². The van der Waals surface area contributed by atoms with Gasteiger partial charge in [0.05, 0.1) is 4.47 Å². The summed E-state index contributed by atoms with van der Waals surface area (Å²) in [5.74, 6) is 0. The van der Waals surface area contributed by atoms with Crippen LogP contribution in [0.3, 0.4) is 0 Å². The van der Waals surface area contributed by atoms with E-state index in [0.29, 0.717) is 4.47 Å². The number of hydrogen-bond acceptors (Lipinski definition) is 3. The molecule has 0 aliphatic heterocycles. The van der Waals surface area contributed by atoms with Crippen molar-refractivity contribution in [3.05, 3.63) is 68.5 Å². The molecule has 0 spiro atoms. The van der Waals surface area contributed by atoms with Gasteiger partial charge in [0.2, 0.25) is 0 Å². The van der Waals surface area contributed by atoms with E-state index in [-0.39, 0.29) is 18.7 Å². The van der Waals surface area contributed by atoms with E-state index >= 15 is 0 Å². The number of nitrogens with one attached hydrogen (secondary N) is 2. The fourth-order valence-corrected chi connectivity index (χ4v) is 1.96. The third kappa shape index (κ3) is 4.24. The first-order valence-corrected chi connectivity index (χ1v) is 6.76. The van der Waals surface area contributed by atoms with E-state index in [1.165, 1.54) is 0 Å². The van der Waals surface area contributed by atoms with Crippen molar-refractivity contribution in [2.75, 3.05) is 0 Å². The lowest BCUT2D eigenvalue weighted by molar-refractivity contribution is 0.139.